The lowest BCUT2D eigenvalue weighted by atomic mass is 9.96. The summed E-state index contributed by atoms with van der Waals surface area (Å²) in [5, 5.41) is 0. The van der Waals surface area contributed by atoms with Gasteiger partial charge in [-0.05, 0) is 55.6 Å². The molecule has 10 aromatic rings. The molecule has 0 unspecified atom stereocenters. The van der Waals surface area contributed by atoms with Crippen molar-refractivity contribution in [3.05, 3.63) is 359 Å². The molecule has 0 aromatic heterocycles. The van der Waals surface area contributed by atoms with E-state index in [9.17, 15) is 4.79 Å². The Morgan fingerprint density at radius 1 is 0.280 bits per heavy atom. The minimum absolute atomic E-state index is 0.0791. The van der Waals surface area contributed by atoms with Crippen LogP contribution in [0.1, 0.15) is 62.6 Å². The maximum Gasteiger partial charge on any atom is 0.302 e. The van der Waals surface area contributed by atoms with Gasteiger partial charge >= 0.3 is 5.97 Å². The van der Waals surface area contributed by atoms with Crippen LogP contribution in [0.3, 0.4) is 0 Å². The maximum absolute atomic E-state index is 13.0. The fraction of sp³-hybridized carbons (Fsp3) is 0.322. The zero-order valence-corrected chi connectivity index (χ0v) is 60.2. The fourth-order valence-corrected chi connectivity index (χ4v) is 13.5. The summed E-state index contributed by atoms with van der Waals surface area (Å²) in [6.07, 6.45) is -13.3. The first-order chi connectivity index (χ1) is 52.8. The second-order valence-electron chi connectivity index (χ2n) is 26.8. The third kappa shape index (κ3) is 22.4. The maximum atomic E-state index is 13.0. The standard InChI is InChI=1S/C90H94O17/c1-66(91)94-64-79-82(97-56-71-40-20-6-21-41-71)87(102-61-76-50-30-11-31-51-76)90(106-79,65-93-53-68-34-14-3-15-35-68)107-89-86(101-60-75-48-28-10-29-49-75)84(99-58-73-44-24-8-25-45-73)81(96-55-70-38-18-5-19-39-70)78(105-89)63-103-88-85(100-59-74-46-26-9-27-47-74)83(98-57-72-42-22-7-23-43-72)80(95-54-69-36-16-4-17-37-69)77(104-88)62-92-52-67-32-12-2-13-33-67/h2-51,77-89H,52-65H2,1H3/t77-,78-,79-,80+,81-,82-,83+,84+,85-,86-,87+,88+,89-,90+/m1/s1. The van der Waals surface area contributed by atoms with E-state index in [1.807, 2.05) is 303 Å². The predicted octanol–water partition coefficient (Wildman–Crippen LogP) is 15.2. The Kier molecular flexibility index (Phi) is 28.7. The van der Waals surface area contributed by atoms with E-state index in [0.717, 1.165) is 55.6 Å². The summed E-state index contributed by atoms with van der Waals surface area (Å²) >= 11 is 0. The molecule has 3 saturated heterocycles. The van der Waals surface area contributed by atoms with Gasteiger partial charge in [-0.15, -0.1) is 0 Å². The predicted molar refractivity (Wildman–Crippen MR) is 401 cm³/mol. The SMILES string of the molecule is CC(=O)OC[C@H]1O[C@@](COCc2ccccc2)(O[C@H]2O[C@H](CO[C@H]3O[C@H](COCc4ccccc4)[C@H](OCc4ccccc4)[C@H](OCc4ccccc4)[C@H]3OCc3ccccc3)[C@@H](OCc3ccccc3)[C@H](OCc3ccccc3)[C@H]2OCc2ccccc2)[C@@H](OCc2ccccc2)[C@@H]1OCc1ccccc1. The van der Waals surface area contributed by atoms with E-state index in [2.05, 4.69) is 0 Å². The van der Waals surface area contributed by atoms with Crippen molar-refractivity contribution in [2.75, 3.05) is 26.4 Å². The van der Waals surface area contributed by atoms with E-state index >= 15 is 0 Å². The lowest BCUT2D eigenvalue weighted by Gasteiger charge is -2.49. The number of rotatable bonds is 39. The van der Waals surface area contributed by atoms with Crippen molar-refractivity contribution in [3.8, 4) is 0 Å². The van der Waals surface area contributed by atoms with Gasteiger partial charge in [-0.3, -0.25) is 4.79 Å². The van der Waals surface area contributed by atoms with Crippen LogP contribution in [-0.2, 0) is 147 Å². The number of carbonyl (C=O) groups excluding carboxylic acids is 1. The van der Waals surface area contributed by atoms with Crippen LogP contribution >= 0.6 is 0 Å². The van der Waals surface area contributed by atoms with Crippen molar-refractivity contribution < 1.29 is 80.6 Å². The Balaban J connectivity index is 0.933. The first-order valence-electron chi connectivity index (χ1n) is 36.7. The van der Waals surface area contributed by atoms with Gasteiger partial charge in [-0.2, -0.15) is 0 Å². The zero-order valence-electron chi connectivity index (χ0n) is 60.2. The Morgan fingerprint density at radius 3 is 0.916 bits per heavy atom. The number of hydrogen-bond acceptors (Lipinski definition) is 17. The van der Waals surface area contributed by atoms with Crippen LogP contribution in [0.5, 0.6) is 0 Å². The van der Waals surface area contributed by atoms with Gasteiger partial charge in [-0.25, -0.2) is 0 Å². The molecule has 13 rings (SSSR count). The van der Waals surface area contributed by atoms with E-state index in [1.165, 1.54) is 6.92 Å². The van der Waals surface area contributed by atoms with Gasteiger partial charge < -0.3 is 75.8 Å². The Hall–Kier alpha value is -8.93. The summed E-state index contributed by atoms with van der Waals surface area (Å²) < 4.78 is 115. The number of ether oxygens (including phenoxy) is 16. The summed E-state index contributed by atoms with van der Waals surface area (Å²) in [6, 6.07) is 99.2. The molecule has 107 heavy (non-hydrogen) atoms. The summed E-state index contributed by atoms with van der Waals surface area (Å²) in [6.45, 7) is 2.27. The second-order valence-corrected chi connectivity index (χ2v) is 26.8. The molecule has 0 amide bonds. The normalized spacial score (nSPS) is 24.2. The monoisotopic (exact) mass is 1450 g/mol. The number of benzene rings is 10. The number of esters is 1. The molecule has 3 fully saturated rings. The largest absolute Gasteiger partial charge is 0.463 e. The second kappa shape index (κ2) is 40.3. The van der Waals surface area contributed by atoms with Gasteiger partial charge in [0.05, 0.1) is 79.3 Å². The van der Waals surface area contributed by atoms with E-state index in [4.69, 9.17) is 75.8 Å². The minimum Gasteiger partial charge on any atom is -0.463 e. The highest BCUT2D eigenvalue weighted by molar-refractivity contribution is 5.65. The van der Waals surface area contributed by atoms with E-state index in [0.29, 0.717) is 6.61 Å². The molecule has 3 heterocycles. The molecule has 0 aliphatic carbocycles. The summed E-state index contributed by atoms with van der Waals surface area (Å²) in [5.41, 5.74) is 9.09. The average Bonchev–Trinajstić information content (AvgIpc) is 1.68. The van der Waals surface area contributed by atoms with Gasteiger partial charge in [-0.1, -0.05) is 303 Å². The van der Waals surface area contributed by atoms with E-state index < -0.39 is 91.5 Å². The first-order valence-corrected chi connectivity index (χ1v) is 36.7. The van der Waals surface area contributed by atoms with Gasteiger partial charge in [0.2, 0.25) is 5.79 Å². The molecule has 10 aromatic carbocycles. The highest BCUT2D eigenvalue weighted by Crippen LogP contribution is 2.43. The van der Waals surface area contributed by atoms with Crippen LogP contribution < -0.4 is 0 Å². The smallest absolute Gasteiger partial charge is 0.302 e. The topological polar surface area (TPSA) is 165 Å². The minimum atomic E-state index is -1.95. The van der Waals surface area contributed by atoms with E-state index in [-0.39, 0.29) is 85.9 Å². The molecule has 0 saturated carbocycles. The van der Waals surface area contributed by atoms with Crippen LogP contribution in [-0.4, -0.2) is 118 Å². The average molecular weight is 1450 g/mol. The molecule has 3 aliphatic rings. The van der Waals surface area contributed by atoms with E-state index in [1.54, 1.807) is 0 Å². The van der Waals surface area contributed by atoms with Crippen molar-refractivity contribution in [2.45, 2.75) is 159 Å². The summed E-state index contributed by atoms with van der Waals surface area (Å²) in [5.74, 6) is -2.47. The molecule has 0 spiro atoms. The first kappa shape index (κ1) is 76.3. The van der Waals surface area contributed by atoms with Gasteiger partial charge in [0.25, 0.3) is 0 Å². The molecule has 17 nitrogen and oxygen atoms in total. The molecule has 14 atom stereocenters. The molecule has 0 bridgehead atoms. The van der Waals surface area contributed by atoms with Gasteiger partial charge in [0, 0.05) is 6.92 Å². The molecular formula is C90H94O17. The van der Waals surface area contributed by atoms with Crippen molar-refractivity contribution in [2.24, 2.45) is 0 Å². The molecular weight excluding hydrogens is 1350 g/mol. The molecule has 17 heteroatoms. The third-order valence-electron chi connectivity index (χ3n) is 18.9. The molecule has 0 radical (unpaired) electrons. The number of hydrogen-bond donors (Lipinski definition) is 0. The Labute approximate surface area is 627 Å². The molecule has 0 N–H and O–H groups in total. The van der Waals surface area contributed by atoms with Crippen LogP contribution in [0.2, 0.25) is 0 Å². The van der Waals surface area contributed by atoms with Crippen LogP contribution in [0, 0.1) is 0 Å². The van der Waals surface area contributed by atoms with Crippen molar-refractivity contribution in [1.29, 1.82) is 0 Å². The lowest BCUT2D eigenvalue weighted by Crippen LogP contribution is -2.65. The Morgan fingerprint density at radius 2 is 0.561 bits per heavy atom. The quantitative estimate of drug-likeness (QED) is 0.0334. The van der Waals surface area contributed by atoms with Crippen LogP contribution in [0.15, 0.2) is 303 Å². The van der Waals surface area contributed by atoms with Gasteiger partial charge in [0.15, 0.2) is 12.6 Å². The van der Waals surface area contributed by atoms with Crippen LogP contribution in [0.4, 0.5) is 0 Å². The summed E-state index contributed by atoms with van der Waals surface area (Å²) in [7, 11) is 0. The Bertz CT molecular complexity index is 4110. The fourth-order valence-electron chi connectivity index (χ4n) is 13.5. The van der Waals surface area contributed by atoms with Gasteiger partial charge in [0.1, 0.15) is 80.4 Å². The molecule has 556 valence electrons. The summed E-state index contributed by atoms with van der Waals surface area (Å²) in [4.78, 5) is 13.0. The zero-order chi connectivity index (χ0) is 72.9. The van der Waals surface area contributed by atoms with Crippen LogP contribution in [0.25, 0.3) is 0 Å². The highest BCUT2D eigenvalue weighted by Gasteiger charge is 2.62. The van der Waals surface area contributed by atoms with Crippen molar-refractivity contribution in [1.82, 2.24) is 0 Å². The third-order valence-corrected chi connectivity index (χ3v) is 18.9. The lowest BCUT2D eigenvalue weighted by molar-refractivity contribution is -0.402. The van der Waals surface area contributed by atoms with Crippen molar-refractivity contribution >= 4 is 5.97 Å². The number of carbonyl (C=O) groups is 1. The highest BCUT2D eigenvalue weighted by atomic mass is 16.8. The molecule has 3 aliphatic heterocycles. The van der Waals surface area contributed by atoms with Crippen molar-refractivity contribution in [3.63, 3.8) is 0 Å².